The van der Waals surface area contributed by atoms with Gasteiger partial charge in [-0.3, -0.25) is 14.5 Å². The molecule has 0 saturated heterocycles. The van der Waals surface area contributed by atoms with E-state index in [9.17, 15) is 4.79 Å². The smallest absolute Gasteiger partial charge is 0.169 e. The van der Waals surface area contributed by atoms with Crippen LogP contribution >= 0.6 is 11.6 Å². The van der Waals surface area contributed by atoms with E-state index in [1.807, 2.05) is 37.3 Å². The van der Waals surface area contributed by atoms with Crippen molar-refractivity contribution >= 4 is 28.3 Å². The maximum atomic E-state index is 12.6. The summed E-state index contributed by atoms with van der Waals surface area (Å²) in [6, 6.07) is 9.31. The minimum atomic E-state index is 0.0125. The average molecular weight is 300 g/mol. The zero-order chi connectivity index (χ0) is 15.0. The first kappa shape index (κ1) is 13.8. The van der Waals surface area contributed by atoms with Crippen LogP contribution in [0.2, 0.25) is 5.02 Å². The fourth-order valence-corrected chi connectivity index (χ4v) is 2.69. The summed E-state index contributed by atoms with van der Waals surface area (Å²) in [7, 11) is 1.80. The van der Waals surface area contributed by atoms with Crippen LogP contribution < -0.4 is 0 Å². The van der Waals surface area contributed by atoms with Crippen molar-refractivity contribution in [3.8, 4) is 0 Å². The van der Waals surface area contributed by atoms with Gasteiger partial charge in [-0.25, -0.2) is 0 Å². The standard InChI is InChI=1S/C16H14ClN3O/c1-10-16(17)14(20(2)19-10)9-15(21)12-5-3-7-13-11(12)6-4-8-18-13/h3-8H,9H2,1-2H3. The number of benzene rings is 1. The van der Waals surface area contributed by atoms with Gasteiger partial charge in [0.2, 0.25) is 0 Å². The first-order chi connectivity index (χ1) is 10.1. The molecule has 2 heterocycles. The largest absolute Gasteiger partial charge is 0.294 e. The summed E-state index contributed by atoms with van der Waals surface area (Å²) in [4.78, 5) is 16.9. The lowest BCUT2D eigenvalue weighted by molar-refractivity contribution is 0.0992. The number of hydrogen-bond donors (Lipinski definition) is 0. The number of pyridine rings is 1. The molecule has 0 atom stereocenters. The van der Waals surface area contributed by atoms with Crippen LogP contribution in [0.25, 0.3) is 10.9 Å². The molecule has 3 rings (SSSR count). The maximum Gasteiger partial charge on any atom is 0.169 e. The first-order valence-electron chi connectivity index (χ1n) is 6.63. The summed E-state index contributed by atoms with van der Waals surface area (Å²) < 4.78 is 1.67. The van der Waals surface area contributed by atoms with Crippen molar-refractivity contribution in [2.45, 2.75) is 13.3 Å². The fourth-order valence-electron chi connectivity index (χ4n) is 2.47. The quantitative estimate of drug-likeness (QED) is 0.697. The number of hydrogen-bond acceptors (Lipinski definition) is 3. The molecule has 0 unspecified atom stereocenters. The van der Waals surface area contributed by atoms with Gasteiger partial charge < -0.3 is 0 Å². The Morgan fingerprint density at radius 3 is 2.81 bits per heavy atom. The van der Waals surface area contributed by atoms with E-state index in [0.717, 1.165) is 22.3 Å². The molecule has 0 N–H and O–H groups in total. The van der Waals surface area contributed by atoms with Crippen molar-refractivity contribution in [3.63, 3.8) is 0 Å². The van der Waals surface area contributed by atoms with Gasteiger partial charge in [-0.1, -0.05) is 29.8 Å². The van der Waals surface area contributed by atoms with E-state index in [2.05, 4.69) is 10.1 Å². The van der Waals surface area contributed by atoms with Crippen LogP contribution in [-0.2, 0) is 13.5 Å². The highest BCUT2D eigenvalue weighted by atomic mass is 35.5. The molecule has 0 fully saturated rings. The summed E-state index contributed by atoms with van der Waals surface area (Å²) in [5.74, 6) is 0.0125. The first-order valence-corrected chi connectivity index (χ1v) is 7.00. The number of carbonyl (C=O) groups excluding carboxylic acids is 1. The Kier molecular flexibility index (Phi) is 3.47. The van der Waals surface area contributed by atoms with Gasteiger partial charge in [0.05, 0.1) is 28.3 Å². The van der Waals surface area contributed by atoms with Crippen LogP contribution in [0.5, 0.6) is 0 Å². The Labute approximate surface area is 127 Å². The maximum absolute atomic E-state index is 12.6. The molecule has 4 nitrogen and oxygen atoms in total. The van der Waals surface area contributed by atoms with Crippen molar-refractivity contribution in [1.82, 2.24) is 14.8 Å². The Hall–Kier alpha value is -2.20. The van der Waals surface area contributed by atoms with E-state index >= 15 is 0 Å². The van der Waals surface area contributed by atoms with Crippen LogP contribution in [0.3, 0.4) is 0 Å². The Morgan fingerprint density at radius 1 is 1.29 bits per heavy atom. The van der Waals surface area contributed by atoms with Crippen LogP contribution in [0, 0.1) is 6.92 Å². The van der Waals surface area contributed by atoms with E-state index in [1.165, 1.54) is 0 Å². The van der Waals surface area contributed by atoms with Gasteiger partial charge in [0.25, 0.3) is 0 Å². The number of carbonyl (C=O) groups is 1. The summed E-state index contributed by atoms with van der Waals surface area (Å²) in [5, 5.41) is 5.66. The zero-order valence-corrected chi connectivity index (χ0v) is 12.6. The summed E-state index contributed by atoms with van der Waals surface area (Å²) in [6.07, 6.45) is 1.95. The lowest BCUT2D eigenvalue weighted by Crippen LogP contribution is -2.09. The lowest BCUT2D eigenvalue weighted by Gasteiger charge is -2.06. The second kappa shape index (κ2) is 5.30. The number of aryl methyl sites for hydroxylation is 2. The minimum absolute atomic E-state index is 0.0125. The third-order valence-corrected chi connectivity index (χ3v) is 4.03. The zero-order valence-electron chi connectivity index (χ0n) is 11.8. The number of ketones is 1. The van der Waals surface area contributed by atoms with Gasteiger partial charge in [-0.2, -0.15) is 5.10 Å². The number of aromatic nitrogens is 3. The van der Waals surface area contributed by atoms with E-state index in [1.54, 1.807) is 17.9 Å². The SMILES string of the molecule is Cc1nn(C)c(CC(=O)c2cccc3ncccc23)c1Cl. The van der Waals surface area contributed by atoms with Crippen LogP contribution in [0.1, 0.15) is 21.7 Å². The van der Waals surface area contributed by atoms with Crippen LogP contribution in [0.15, 0.2) is 36.5 Å². The van der Waals surface area contributed by atoms with Gasteiger partial charge in [0.1, 0.15) is 0 Å². The van der Waals surface area contributed by atoms with Crippen molar-refractivity contribution in [2.75, 3.05) is 0 Å². The second-order valence-corrected chi connectivity index (χ2v) is 5.32. The molecule has 0 radical (unpaired) electrons. The third-order valence-electron chi connectivity index (χ3n) is 3.54. The van der Waals surface area contributed by atoms with E-state index in [-0.39, 0.29) is 12.2 Å². The van der Waals surface area contributed by atoms with Crippen molar-refractivity contribution in [1.29, 1.82) is 0 Å². The molecule has 1 aromatic carbocycles. The molecule has 0 aliphatic rings. The van der Waals surface area contributed by atoms with E-state index < -0.39 is 0 Å². The Bertz CT molecular complexity index is 833. The normalized spacial score (nSPS) is 11.0. The third kappa shape index (κ3) is 2.43. The summed E-state index contributed by atoms with van der Waals surface area (Å²) in [5.41, 5.74) is 2.95. The predicted octanol–water partition coefficient (Wildman–Crippen LogP) is 3.36. The highest BCUT2D eigenvalue weighted by Gasteiger charge is 2.17. The average Bonchev–Trinajstić information content (AvgIpc) is 2.73. The number of rotatable bonds is 3. The van der Waals surface area contributed by atoms with Gasteiger partial charge in [0.15, 0.2) is 5.78 Å². The fraction of sp³-hybridized carbons (Fsp3) is 0.188. The monoisotopic (exact) mass is 299 g/mol. The van der Waals surface area contributed by atoms with Crippen molar-refractivity contribution in [3.05, 3.63) is 58.5 Å². The molecule has 0 bridgehead atoms. The number of fused-ring (bicyclic) bond motifs is 1. The molecule has 3 aromatic rings. The summed E-state index contributed by atoms with van der Waals surface area (Å²) in [6.45, 7) is 1.83. The van der Waals surface area contributed by atoms with Gasteiger partial charge in [-0.05, 0) is 19.1 Å². The molecule has 0 aliphatic carbocycles. The molecule has 21 heavy (non-hydrogen) atoms. The van der Waals surface area contributed by atoms with Crippen LogP contribution in [0.4, 0.5) is 0 Å². The lowest BCUT2D eigenvalue weighted by atomic mass is 10.0. The highest BCUT2D eigenvalue weighted by molar-refractivity contribution is 6.32. The molecule has 2 aromatic heterocycles. The topological polar surface area (TPSA) is 47.8 Å². The highest BCUT2D eigenvalue weighted by Crippen LogP contribution is 2.23. The van der Waals surface area contributed by atoms with Crippen molar-refractivity contribution in [2.24, 2.45) is 7.05 Å². The van der Waals surface area contributed by atoms with Crippen molar-refractivity contribution < 1.29 is 4.79 Å². The Morgan fingerprint density at radius 2 is 2.10 bits per heavy atom. The summed E-state index contributed by atoms with van der Waals surface area (Å²) >= 11 is 6.22. The molecule has 5 heteroatoms. The van der Waals surface area contributed by atoms with Gasteiger partial charge >= 0.3 is 0 Å². The molecule has 0 saturated carbocycles. The van der Waals surface area contributed by atoms with E-state index in [0.29, 0.717) is 10.6 Å². The van der Waals surface area contributed by atoms with Crippen LogP contribution in [-0.4, -0.2) is 20.5 Å². The molecule has 0 aliphatic heterocycles. The van der Waals surface area contributed by atoms with Gasteiger partial charge in [-0.15, -0.1) is 0 Å². The minimum Gasteiger partial charge on any atom is -0.294 e. The second-order valence-electron chi connectivity index (χ2n) is 4.95. The number of nitrogens with zero attached hydrogens (tertiary/aromatic N) is 3. The van der Waals surface area contributed by atoms with E-state index in [4.69, 9.17) is 11.6 Å². The predicted molar refractivity (Wildman–Crippen MR) is 82.7 cm³/mol. The van der Waals surface area contributed by atoms with Gasteiger partial charge in [0, 0.05) is 24.2 Å². The Balaban J connectivity index is 2.02. The number of Topliss-reactive ketones (excluding diaryl/α,β-unsaturated/α-hetero) is 1. The molecule has 0 spiro atoms. The molecule has 0 amide bonds. The molecular weight excluding hydrogens is 286 g/mol. The molecule has 106 valence electrons. The number of halogens is 1. The molecular formula is C16H14ClN3O.